The minimum Gasteiger partial charge on any atom is -0.497 e. The molecule has 35 heavy (non-hydrogen) atoms. The molecule has 0 unspecified atom stereocenters. The molecule has 0 atom stereocenters. The van der Waals surface area contributed by atoms with E-state index in [1.807, 2.05) is 87.5 Å². The van der Waals surface area contributed by atoms with E-state index in [-0.39, 0.29) is 11.8 Å². The van der Waals surface area contributed by atoms with Crippen molar-refractivity contribution in [3.63, 3.8) is 0 Å². The number of hydrogen-bond acceptors (Lipinski definition) is 3. The van der Waals surface area contributed by atoms with Crippen molar-refractivity contribution in [2.24, 2.45) is 0 Å². The molecule has 0 bridgehead atoms. The molecule has 2 amide bonds. The van der Waals surface area contributed by atoms with Crippen LogP contribution in [-0.4, -0.2) is 24.5 Å². The van der Waals surface area contributed by atoms with Gasteiger partial charge in [0.1, 0.15) is 11.3 Å². The first kappa shape index (κ1) is 24.5. The van der Waals surface area contributed by atoms with Crippen LogP contribution in [0.5, 0.6) is 5.75 Å². The molecule has 0 saturated heterocycles. The largest absolute Gasteiger partial charge is 0.497 e. The second kappa shape index (κ2) is 10.3. The maximum atomic E-state index is 14.2. The van der Waals surface area contributed by atoms with E-state index >= 15 is 0 Å². The van der Waals surface area contributed by atoms with Crippen LogP contribution >= 0.6 is 0 Å². The van der Waals surface area contributed by atoms with E-state index in [2.05, 4.69) is 5.32 Å². The summed E-state index contributed by atoms with van der Waals surface area (Å²) in [5, 5.41) is 3.22. The van der Waals surface area contributed by atoms with E-state index in [1.165, 1.54) is 0 Å². The third-order valence-electron chi connectivity index (χ3n) is 7.08. The maximum Gasteiger partial charge on any atom is 0.259 e. The molecule has 182 valence electrons. The number of carbonyl (C=O) groups is 2. The Labute approximate surface area is 208 Å². The first-order valence-corrected chi connectivity index (χ1v) is 12.3. The molecule has 5 heteroatoms. The quantitative estimate of drug-likeness (QED) is 0.441. The van der Waals surface area contributed by atoms with Crippen LogP contribution < -0.4 is 15.0 Å². The lowest BCUT2D eigenvalue weighted by Crippen LogP contribution is -2.60. The number of nitrogens with zero attached hydrogens (tertiary/aromatic N) is 1. The first-order chi connectivity index (χ1) is 16.9. The number of nitrogens with one attached hydrogen (secondary N) is 1. The summed E-state index contributed by atoms with van der Waals surface area (Å²) >= 11 is 0. The van der Waals surface area contributed by atoms with Crippen LogP contribution in [0, 0.1) is 20.8 Å². The van der Waals surface area contributed by atoms with Crippen molar-refractivity contribution >= 4 is 23.2 Å². The van der Waals surface area contributed by atoms with Crippen LogP contribution in [0.25, 0.3) is 0 Å². The molecule has 1 N–H and O–H groups in total. The van der Waals surface area contributed by atoms with Gasteiger partial charge in [-0.2, -0.15) is 0 Å². The topological polar surface area (TPSA) is 58.6 Å². The highest BCUT2D eigenvalue weighted by Crippen LogP contribution is 2.40. The van der Waals surface area contributed by atoms with Gasteiger partial charge in [0.15, 0.2) is 0 Å². The lowest BCUT2D eigenvalue weighted by Gasteiger charge is -2.45. The van der Waals surface area contributed by atoms with Crippen molar-refractivity contribution in [3.8, 4) is 5.75 Å². The van der Waals surface area contributed by atoms with E-state index in [1.54, 1.807) is 12.0 Å². The zero-order chi connectivity index (χ0) is 25.0. The monoisotopic (exact) mass is 470 g/mol. The lowest BCUT2D eigenvalue weighted by atomic mass is 9.78. The number of carbonyl (C=O) groups excluding carboxylic acids is 2. The molecule has 3 aromatic carbocycles. The summed E-state index contributed by atoms with van der Waals surface area (Å²) in [4.78, 5) is 30.0. The second-order valence-electron chi connectivity index (χ2n) is 9.52. The number of para-hydroxylation sites is 1. The Bertz CT molecular complexity index is 1170. The van der Waals surface area contributed by atoms with E-state index in [9.17, 15) is 9.59 Å². The van der Waals surface area contributed by atoms with Gasteiger partial charge in [-0.3, -0.25) is 14.5 Å². The van der Waals surface area contributed by atoms with Crippen LogP contribution in [0.3, 0.4) is 0 Å². The summed E-state index contributed by atoms with van der Waals surface area (Å²) in [7, 11) is 1.62. The maximum absolute atomic E-state index is 14.2. The highest BCUT2D eigenvalue weighted by molar-refractivity contribution is 6.14. The first-order valence-electron chi connectivity index (χ1n) is 12.3. The van der Waals surface area contributed by atoms with Gasteiger partial charge in [-0.05, 0) is 81.1 Å². The predicted molar refractivity (Wildman–Crippen MR) is 141 cm³/mol. The summed E-state index contributed by atoms with van der Waals surface area (Å²) < 4.78 is 5.35. The third kappa shape index (κ3) is 4.95. The summed E-state index contributed by atoms with van der Waals surface area (Å²) in [6.45, 7) is 5.99. The van der Waals surface area contributed by atoms with Gasteiger partial charge < -0.3 is 10.1 Å². The molecule has 1 aliphatic carbocycles. The van der Waals surface area contributed by atoms with Crippen molar-refractivity contribution in [3.05, 3.63) is 89.0 Å². The number of ether oxygens (including phenoxy) is 1. The molecule has 0 aliphatic heterocycles. The number of methoxy groups -OCH3 is 1. The number of anilines is 2. The van der Waals surface area contributed by atoms with Gasteiger partial charge in [0.05, 0.1) is 7.11 Å². The van der Waals surface area contributed by atoms with Crippen LogP contribution in [0.2, 0.25) is 0 Å². The number of amides is 2. The number of hydrogen-bond donors (Lipinski definition) is 1. The zero-order valence-electron chi connectivity index (χ0n) is 21.1. The highest BCUT2D eigenvalue weighted by atomic mass is 16.5. The molecule has 4 rings (SSSR count). The van der Waals surface area contributed by atoms with Gasteiger partial charge in [-0.15, -0.1) is 0 Å². The van der Waals surface area contributed by atoms with E-state index in [0.717, 1.165) is 41.6 Å². The number of benzene rings is 3. The summed E-state index contributed by atoms with van der Waals surface area (Å²) in [5.74, 6) is 0.397. The fraction of sp³-hybridized carbons (Fsp3) is 0.333. The second-order valence-corrected chi connectivity index (χ2v) is 9.52. The van der Waals surface area contributed by atoms with Crippen LogP contribution in [0.4, 0.5) is 11.4 Å². The minimum atomic E-state index is -0.996. The van der Waals surface area contributed by atoms with E-state index < -0.39 is 5.54 Å². The Balaban J connectivity index is 1.83. The van der Waals surface area contributed by atoms with Crippen molar-refractivity contribution in [1.29, 1.82) is 0 Å². The van der Waals surface area contributed by atoms with E-state index in [4.69, 9.17) is 4.74 Å². The average Bonchev–Trinajstić information content (AvgIpc) is 2.87. The molecule has 0 radical (unpaired) electrons. The van der Waals surface area contributed by atoms with Crippen molar-refractivity contribution < 1.29 is 14.3 Å². The lowest BCUT2D eigenvalue weighted by molar-refractivity contribution is -0.122. The SMILES string of the molecule is COc1ccc(N(C(=O)c2ccc(C)cc2)C2(C(=O)Nc3c(C)cccc3C)CCCCC2)cc1. The fourth-order valence-corrected chi connectivity index (χ4v) is 5.05. The van der Waals surface area contributed by atoms with Crippen LogP contribution in [0.1, 0.15) is 59.2 Å². The van der Waals surface area contributed by atoms with Crippen molar-refractivity contribution in [2.45, 2.75) is 58.4 Å². The summed E-state index contributed by atoms with van der Waals surface area (Å²) in [6.07, 6.45) is 4.02. The van der Waals surface area contributed by atoms with Crippen molar-refractivity contribution in [2.75, 3.05) is 17.3 Å². The van der Waals surface area contributed by atoms with Crippen molar-refractivity contribution in [1.82, 2.24) is 0 Å². The fourth-order valence-electron chi connectivity index (χ4n) is 5.05. The molecule has 0 heterocycles. The highest BCUT2D eigenvalue weighted by Gasteiger charge is 2.48. The summed E-state index contributed by atoms with van der Waals surface area (Å²) in [5.41, 5.74) is 4.17. The van der Waals surface area contributed by atoms with Crippen LogP contribution in [0.15, 0.2) is 66.7 Å². The minimum absolute atomic E-state index is 0.133. The average molecular weight is 471 g/mol. The Morgan fingerprint density at radius 1 is 0.829 bits per heavy atom. The summed E-state index contributed by atoms with van der Waals surface area (Å²) in [6, 6.07) is 20.9. The smallest absolute Gasteiger partial charge is 0.259 e. The normalized spacial score (nSPS) is 14.7. The molecule has 5 nitrogen and oxygen atoms in total. The molecular formula is C30H34N2O3. The number of rotatable bonds is 6. The molecule has 0 aromatic heterocycles. The van der Waals surface area contributed by atoms with Gasteiger partial charge in [0.25, 0.3) is 11.8 Å². The molecule has 1 fully saturated rings. The molecular weight excluding hydrogens is 436 g/mol. The molecule has 1 aliphatic rings. The van der Waals surface area contributed by atoms with Gasteiger partial charge in [-0.25, -0.2) is 0 Å². The standard InChI is InChI=1S/C30H34N2O3/c1-21-11-13-24(14-12-21)28(33)32(25-15-17-26(35-4)18-16-25)30(19-6-5-7-20-30)29(34)31-27-22(2)9-8-10-23(27)3/h8-18H,5-7,19-20H2,1-4H3,(H,31,34). The Morgan fingerprint density at radius 2 is 1.43 bits per heavy atom. The molecule has 1 saturated carbocycles. The van der Waals surface area contributed by atoms with Gasteiger partial charge in [0.2, 0.25) is 0 Å². The zero-order valence-corrected chi connectivity index (χ0v) is 21.1. The Kier molecular flexibility index (Phi) is 7.25. The van der Waals surface area contributed by atoms with Gasteiger partial charge in [-0.1, -0.05) is 55.2 Å². The van der Waals surface area contributed by atoms with Gasteiger partial charge >= 0.3 is 0 Å². The van der Waals surface area contributed by atoms with Crippen LogP contribution in [-0.2, 0) is 4.79 Å². The predicted octanol–water partition coefficient (Wildman–Crippen LogP) is 6.61. The molecule has 0 spiro atoms. The van der Waals surface area contributed by atoms with E-state index in [0.29, 0.717) is 29.8 Å². The third-order valence-corrected chi connectivity index (χ3v) is 7.08. The molecule has 3 aromatic rings. The Hall–Kier alpha value is -3.60. The van der Waals surface area contributed by atoms with Gasteiger partial charge in [0, 0.05) is 16.9 Å². The Morgan fingerprint density at radius 3 is 2.00 bits per heavy atom. The number of aryl methyl sites for hydroxylation is 3.